The van der Waals surface area contributed by atoms with Gasteiger partial charge in [0.25, 0.3) is 0 Å². The van der Waals surface area contributed by atoms with Crippen molar-refractivity contribution in [1.82, 2.24) is 24.5 Å². The van der Waals surface area contributed by atoms with Crippen LogP contribution in [-0.2, 0) is 11.3 Å². The van der Waals surface area contributed by atoms with E-state index in [2.05, 4.69) is 20.6 Å². The molecule has 3 aromatic rings. The van der Waals surface area contributed by atoms with Crippen molar-refractivity contribution < 1.29 is 22.6 Å². The van der Waals surface area contributed by atoms with Gasteiger partial charge < -0.3 is 14.8 Å². The van der Waals surface area contributed by atoms with Gasteiger partial charge in [0.05, 0.1) is 37.6 Å². The molecule has 0 radical (unpaired) electrons. The molecule has 4 heterocycles. The number of rotatable bonds is 5. The predicted octanol–water partition coefficient (Wildman–Crippen LogP) is 4.65. The molecule has 2 aliphatic rings. The van der Waals surface area contributed by atoms with Crippen LogP contribution < -0.4 is 10.1 Å². The van der Waals surface area contributed by atoms with Crippen LogP contribution in [0.25, 0.3) is 11.4 Å². The largest absolute Gasteiger partial charge is 0.497 e. The van der Waals surface area contributed by atoms with E-state index in [0.29, 0.717) is 35.1 Å². The molecule has 33 heavy (non-hydrogen) atoms. The smallest absolute Gasteiger partial charge is 0.410 e. The van der Waals surface area contributed by atoms with Crippen LogP contribution in [0.2, 0.25) is 0 Å². The number of methoxy groups -OCH3 is 1. The van der Waals surface area contributed by atoms with Crippen molar-refractivity contribution >= 4 is 18.0 Å². The van der Waals surface area contributed by atoms with Gasteiger partial charge in [0.15, 0.2) is 16.6 Å². The van der Waals surface area contributed by atoms with Gasteiger partial charge in [-0.15, -0.1) is 0 Å². The third-order valence-electron chi connectivity index (χ3n) is 6.17. The normalized spacial score (nSPS) is 22.7. The van der Waals surface area contributed by atoms with E-state index in [9.17, 15) is 13.2 Å². The molecule has 0 aliphatic carbocycles. The highest BCUT2D eigenvalue weighted by Crippen LogP contribution is 2.46. The van der Waals surface area contributed by atoms with Crippen molar-refractivity contribution in [2.75, 3.05) is 19.0 Å². The van der Waals surface area contributed by atoms with Gasteiger partial charge in [0.1, 0.15) is 11.6 Å². The number of nitrogens with zero attached hydrogens (tertiary/aromatic N) is 4. The van der Waals surface area contributed by atoms with Crippen molar-refractivity contribution in [2.24, 2.45) is 0 Å². The summed E-state index contributed by atoms with van der Waals surface area (Å²) in [7, 11) is 1.54. The number of halogens is 3. The summed E-state index contributed by atoms with van der Waals surface area (Å²) in [4.78, 5) is 0. The number of H-pyrrole nitrogens is 1. The van der Waals surface area contributed by atoms with E-state index in [0.717, 1.165) is 23.1 Å². The van der Waals surface area contributed by atoms with Crippen LogP contribution in [0, 0.1) is 4.77 Å². The minimum absolute atomic E-state index is 0.0117. The maximum atomic E-state index is 14.0. The van der Waals surface area contributed by atoms with Gasteiger partial charge in [-0.2, -0.15) is 23.4 Å². The first-order valence-corrected chi connectivity index (χ1v) is 11.1. The maximum Gasteiger partial charge on any atom is 0.410 e. The summed E-state index contributed by atoms with van der Waals surface area (Å²) in [5.74, 6) is 1.32. The van der Waals surface area contributed by atoms with Crippen LogP contribution in [0.3, 0.4) is 0 Å². The summed E-state index contributed by atoms with van der Waals surface area (Å²) in [5, 5.41) is 14.4. The zero-order chi connectivity index (χ0) is 23.2. The van der Waals surface area contributed by atoms with E-state index in [4.69, 9.17) is 21.7 Å². The van der Waals surface area contributed by atoms with E-state index in [-0.39, 0.29) is 18.3 Å². The van der Waals surface area contributed by atoms with Crippen molar-refractivity contribution in [3.8, 4) is 17.1 Å². The Balaban J connectivity index is 1.55. The number of hydrogen-bond donors (Lipinski definition) is 2. The molecule has 1 aromatic carbocycles. The molecule has 0 saturated carbocycles. The summed E-state index contributed by atoms with van der Waals surface area (Å²) in [6, 6.07) is 4.66. The highest BCUT2D eigenvalue weighted by Gasteiger charge is 2.47. The zero-order valence-corrected chi connectivity index (χ0v) is 18.6. The number of hydrogen-bond acceptors (Lipinski definition) is 6. The van der Waals surface area contributed by atoms with Crippen LogP contribution >= 0.6 is 12.2 Å². The highest BCUT2D eigenvalue weighted by molar-refractivity contribution is 7.71. The van der Waals surface area contributed by atoms with Gasteiger partial charge in [-0.3, -0.25) is 9.67 Å². The fourth-order valence-corrected chi connectivity index (χ4v) is 4.67. The fourth-order valence-electron chi connectivity index (χ4n) is 4.47. The maximum absolute atomic E-state index is 14.0. The molecule has 8 nitrogen and oxygen atoms in total. The summed E-state index contributed by atoms with van der Waals surface area (Å²) in [6.07, 6.45) is -1.39. The average Bonchev–Trinajstić information content (AvgIpc) is 3.54. The summed E-state index contributed by atoms with van der Waals surface area (Å²) in [6.45, 7) is 1.16. The summed E-state index contributed by atoms with van der Waals surface area (Å²) >= 11 is 5.39. The topological polar surface area (TPSA) is 81.9 Å². The van der Waals surface area contributed by atoms with E-state index in [1.807, 2.05) is 0 Å². The molecule has 5 rings (SSSR count). The molecular formula is C21H23F3N6O2S. The monoisotopic (exact) mass is 480 g/mol. The quantitative estimate of drug-likeness (QED) is 0.518. The summed E-state index contributed by atoms with van der Waals surface area (Å²) < 4.78 is 56.1. The number of alkyl halides is 3. The zero-order valence-electron chi connectivity index (χ0n) is 17.8. The number of anilines is 1. The van der Waals surface area contributed by atoms with Crippen LogP contribution in [0.1, 0.15) is 36.9 Å². The Morgan fingerprint density at radius 3 is 2.73 bits per heavy atom. The molecule has 0 unspecified atom stereocenters. The van der Waals surface area contributed by atoms with Crippen LogP contribution in [0.15, 0.2) is 30.5 Å². The molecule has 0 bridgehead atoms. The van der Waals surface area contributed by atoms with Crippen molar-refractivity contribution in [1.29, 1.82) is 0 Å². The first-order chi connectivity index (χ1) is 15.8. The molecule has 0 spiro atoms. The SMILES string of the molecule is COc1ccc([C@@H]2C[C@@H](C(F)(F)F)n3ncc(-c4n[nH]c(=S)n4C[C@H]4CCCO4)c3N2)cc1. The second-order valence-corrected chi connectivity index (χ2v) is 8.60. The van der Waals surface area contributed by atoms with Gasteiger partial charge in [0, 0.05) is 13.0 Å². The number of ether oxygens (including phenoxy) is 2. The van der Waals surface area contributed by atoms with Crippen molar-refractivity contribution in [2.45, 2.75) is 50.2 Å². The average molecular weight is 481 g/mol. The minimum Gasteiger partial charge on any atom is -0.497 e. The van der Waals surface area contributed by atoms with Crippen LogP contribution in [0.4, 0.5) is 19.0 Å². The van der Waals surface area contributed by atoms with Crippen molar-refractivity contribution in [3.05, 3.63) is 40.8 Å². The summed E-state index contributed by atoms with van der Waals surface area (Å²) in [5.41, 5.74) is 1.18. The molecule has 12 heteroatoms. The van der Waals surface area contributed by atoms with Gasteiger partial charge in [-0.05, 0) is 42.8 Å². The van der Waals surface area contributed by atoms with Gasteiger partial charge in [-0.25, -0.2) is 4.68 Å². The molecular weight excluding hydrogens is 457 g/mol. The number of benzene rings is 1. The predicted molar refractivity (Wildman–Crippen MR) is 117 cm³/mol. The Bertz CT molecular complexity index is 1180. The number of nitrogens with one attached hydrogen (secondary N) is 2. The highest BCUT2D eigenvalue weighted by atomic mass is 32.1. The third kappa shape index (κ3) is 4.12. The van der Waals surface area contributed by atoms with Crippen molar-refractivity contribution in [3.63, 3.8) is 0 Å². The number of fused-ring (bicyclic) bond motifs is 1. The first-order valence-electron chi connectivity index (χ1n) is 10.7. The van der Waals surface area contributed by atoms with Crippen LogP contribution in [0.5, 0.6) is 5.75 Å². The molecule has 176 valence electrons. The molecule has 3 atom stereocenters. The van der Waals surface area contributed by atoms with E-state index < -0.39 is 18.3 Å². The number of aromatic amines is 1. The Hall–Kier alpha value is -2.86. The van der Waals surface area contributed by atoms with Crippen LogP contribution in [-0.4, -0.2) is 50.5 Å². The second-order valence-electron chi connectivity index (χ2n) is 8.21. The third-order valence-corrected chi connectivity index (χ3v) is 6.48. The van der Waals surface area contributed by atoms with E-state index in [1.165, 1.54) is 6.20 Å². The second kappa shape index (κ2) is 8.49. The minimum atomic E-state index is -4.47. The Morgan fingerprint density at radius 1 is 1.27 bits per heavy atom. The first kappa shape index (κ1) is 22.0. The lowest BCUT2D eigenvalue weighted by Gasteiger charge is -2.34. The van der Waals surface area contributed by atoms with E-state index in [1.54, 1.807) is 35.9 Å². The molecule has 2 aliphatic heterocycles. The Morgan fingerprint density at radius 2 is 2.06 bits per heavy atom. The Kier molecular flexibility index (Phi) is 5.65. The lowest BCUT2D eigenvalue weighted by molar-refractivity contribution is -0.173. The fraction of sp³-hybridized carbons (Fsp3) is 0.476. The lowest BCUT2D eigenvalue weighted by atomic mass is 9.96. The lowest BCUT2D eigenvalue weighted by Crippen LogP contribution is -2.35. The van der Waals surface area contributed by atoms with Gasteiger partial charge in [0.2, 0.25) is 0 Å². The van der Waals surface area contributed by atoms with E-state index >= 15 is 0 Å². The molecule has 0 amide bonds. The molecule has 1 saturated heterocycles. The molecule has 1 fully saturated rings. The molecule has 2 aromatic heterocycles. The molecule has 2 N–H and O–H groups in total. The number of aromatic nitrogens is 5. The van der Waals surface area contributed by atoms with Gasteiger partial charge in [-0.1, -0.05) is 12.1 Å². The Labute approximate surface area is 192 Å². The van der Waals surface area contributed by atoms with Gasteiger partial charge >= 0.3 is 6.18 Å². The standard InChI is InChI=1S/C21H23F3N6O2S/c1-31-13-6-4-12(5-7-13)16-9-17(21(22,23)24)30-18(26-16)15(10-25-30)19-27-28-20(33)29(19)11-14-3-2-8-32-14/h4-7,10,14,16-17,26H,2-3,8-9,11H2,1H3,(H,28,33)/t14-,16+,17+/m1/s1.